The second kappa shape index (κ2) is 9.53. The molecule has 0 fully saturated rings. The van der Waals surface area contributed by atoms with Crippen molar-refractivity contribution in [3.63, 3.8) is 0 Å². The predicted molar refractivity (Wildman–Crippen MR) is 129 cm³/mol. The minimum Gasteiger partial charge on any atom is -0.496 e. The highest BCUT2D eigenvalue weighted by molar-refractivity contribution is 7.89. The maximum atomic E-state index is 12.3. The average Bonchev–Trinajstić information content (AvgIpc) is 2.81. The molecule has 5 nitrogen and oxygen atoms in total. The van der Waals surface area contributed by atoms with Gasteiger partial charge in [-0.2, -0.15) is 0 Å². The molecule has 0 aromatic heterocycles. The van der Waals surface area contributed by atoms with Gasteiger partial charge >= 0.3 is 0 Å². The van der Waals surface area contributed by atoms with Crippen LogP contribution in [0.1, 0.15) is 11.1 Å². The maximum Gasteiger partial charge on any atom is 0.238 e. The molecule has 0 amide bonds. The van der Waals surface area contributed by atoms with Crippen LogP contribution in [-0.4, -0.2) is 22.1 Å². The Kier molecular flexibility index (Phi) is 6.55. The molecule has 164 valence electrons. The van der Waals surface area contributed by atoms with E-state index in [1.165, 1.54) is 0 Å². The number of ether oxygens (including phenoxy) is 1. The summed E-state index contributed by atoms with van der Waals surface area (Å²) in [5, 5.41) is 10.8. The minimum absolute atomic E-state index is 0.137. The molecular weight excluding hydrogens is 420 g/mol. The summed E-state index contributed by atoms with van der Waals surface area (Å²) < 4.78 is 30.0. The van der Waals surface area contributed by atoms with E-state index in [0.29, 0.717) is 12.1 Å². The Morgan fingerprint density at radius 1 is 0.906 bits per heavy atom. The van der Waals surface area contributed by atoms with E-state index in [1.54, 1.807) is 19.2 Å². The lowest BCUT2D eigenvalue weighted by atomic mass is 9.97. The highest BCUT2D eigenvalue weighted by atomic mass is 32.2. The average molecular weight is 447 g/mol. The Balaban J connectivity index is 1.58. The fourth-order valence-corrected chi connectivity index (χ4v) is 4.76. The van der Waals surface area contributed by atoms with Crippen LogP contribution in [0.5, 0.6) is 5.75 Å². The van der Waals surface area contributed by atoms with Crippen LogP contribution in [0.4, 0.5) is 0 Å². The van der Waals surface area contributed by atoms with E-state index in [4.69, 9.17) is 9.88 Å². The summed E-state index contributed by atoms with van der Waals surface area (Å²) in [6, 6.07) is 27.0. The summed E-state index contributed by atoms with van der Waals surface area (Å²) in [6.07, 6.45) is 0.850. The summed E-state index contributed by atoms with van der Waals surface area (Å²) in [4.78, 5) is 0.137. The molecule has 0 aliphatic rings. The predicted octanol–water partition coefficient (Wildman–Crippen LogP) is 4.50. The normalized spacial score (nSPS) is 11.6. The molecule has 0 spiro atoms. The van der Waals surface area contributed by atoms with Gasteiger partial charge in [-0.05, 0) is 58.6 Å². The Morgan fingerprint density at radius 2 is 1.69 bits per heavy atom. The van der Waals surface area contributed by atoms with Crippen molar-refractivity contribution >= 4 is 20.8 Å². The SMILES string of the molecule is COc1ccccc1CCNCc1cccc(-c2c(S(N)(=O)=O)ccc3ccccc23)c1. The molecule has 0 atom stereocenters. The van der Waals surface area contributed by atoms with Crippen LogP contribution in [-0.2, 0) is 23.0 Å². The maximum absolute atomic E-state index is 12.3. The lowest BCUT2D eigenvalue weighted by molar-refractivity contribution is 0.409. The molecule has 4 aromatic carbocycles. The smallest absolute Gasteiger partial charge is 0.238 e. The highest BCUT2D eigenvalue weighted by Gasteiger charge is 2.18. The molecule has 0 saturated carbocycles. The van der Waals surface area contributed by atoms with E-state index in [2.05, 4.69) is 11.4 Å². The third-order valence-corrected chi connectivity index (χ3v) is 6.46. The van der Waals surface area contributed by atoms with Crippen LogP contribution in [0.15, 0.2) is 89.8 Å². The van der Waals surface area contributed by atoms with Crippen molar-refractivity contribution in [2.75, 3.05) is 13.7 Å². The number of sulfonamides is 1. The van der Waals surface area contributed by atoms with Crippen LogP contribution in [0.2, 0.25) is 0 Å². The summed E-state index contributed by atoms with van der Waals surface area (Å²) in [5.41, 5.74) is 3.69. The molecule has 0 heterocycles. The van der Waals surface area contributed by atoms with Gasteiger partial charge in [0.05, 0.1) is 12.0 Å². The Labute approximate surface area is 188 Å². The second-order valence-electron chi connectivity index (χ2n) is 7.64. The van der Waals surface area contributed by atoms with Crippen LogP contribution in [0.3, 0.4) is 0 Å². The van der Waals surface area contributed by atoms with Gasteiger partial charge in [0.15, 0.2) is 0 Å². The zero-order valence-electron chi connectivity index (χ0n) is 17.9. The van der Waals surface area contributed by atoms with Crippen LogP contribution in [0.25, 0.3) is 21.9 Å². The van der Waals surface area contributed by atoms with Gasteiger partial charge in [-0.15, -0.1) is 0 Å². The number of hydrogen-bond acceptors (Lipinski definition) is 4. The minimum atomic E-state index is -3.87. The van der Waals surface area contributed by atoms with Gasteiger partial charge in [-0.3, -0.25) is 0 Å². The number of primary sulfonamides is 1. The summed E-state index contributed by atoms with van der Waals surface area (Å²) in [6.45, 7) is 1.46. The fourth-order valence-electron chi connectivity index (χ4n) is 3.99. The number of fused-ring (bicyclic) bond motifs is 1. The summed E-state index contributed by atoms with van der Waals surface area (Å²) >= 11 is 0. The van der Waals surface area contributed by atoms with Gasteiger partial charge < -0.3 is 10.1 Å². The Hall–Kier alpha value is -3.19. The molecule has 0 bridgehead atoms. The van der Waals surface area contributed by atoms with Gasteiger partial charge in [-0.1, -0.05) is 66.7 Å². The number of para-hydroxylation sites is 1. The van der Waals surface area contributed by atoms with E-state index in [-0.39, 0.29) is 4.90 Å². The fraction of sp³-hybridized carbons (Fsp3) is 0.154. The lowest BCUT2D eigenvalue weighted by Gasteiger charge is -2.14. The molecule has 3 N–H and O–H groups in total. The van der Waals surface area contributed by atoms with Crippen LogP contribution in [0, 0.1) is 0 Å². The zero-order valence-corrected chi connectivity index (χ0v) is 18.7. The van der Waals surface area contributed by atoms with E-state index < -0.39 is 10.0 Å². The lowest BCUT2D eigenvalue weighted by Crippen LogP contribution is -2.17. The first-order valence-electron chi connectivity index (χ1n) is 10.4. The van der Waals surface area contributed by atoms with Gasteiger partial charge in [-0.25, -0.2) is 13.6 Å². The van der Waals surface area contributed by atoms with Gasteiger partial charge in [0.2, 0.25) is 10.0 Å². The molecular formula is C26H26N2O3S. The van der Waals surface area contributed by atoms with Crippen molar-refractivity contribution in [3.8, 4) is 16.9 Å². The molecule has 0 aliphatic heterocycles. The van der Waals surface area contributed by atoms with Crippen molar-refractivity contribution < 1.29 is 13.2 Å². The van der Waals surface area contributed by atoms with Crippen molar-refractivity contribution in [1.82, 2.24) is 5.32 Å². The zero-order chi connectivity index (χ0) is 22.6. The Bertz CT molecular complexity index is 1350. The first-order chi connectivity index (χ1) is 15.5. The van der Waals surface area contributed by atoms with Crippen molar-refractivity contribution in [2.24, 2.45) is 5.14 Å². The highest BCUT2D eigenvalue weighted by Crippen LogP contribution is 2.34. The third kappa shape index (κ3) is 4.83. The van der Waals surface area contributed by atoms with E-state index in [0.717, 1.165) is 46.2 Å². The van der Waals surface area contributed by atoms with Crippen LogP contribution >= 0.6 is 0 Å². The van der Waals surface area contributed by atoms with E-state index >= 15 is 0 Å². The first-order valence-corrected chi connectivity index (χ1v) is 12.0. The first kappa shape index (κ1) is 22.0. The number of methoxy groups -OCH3 is 1. The standard InChI is InChI=1S/C26H26N2O3S/c1-31-24-12-5-3-9-21(24)15-16-28-18-19-7-6-10-22(17-19)26-23-11-4-2-8-20(23)13-14-25(26)32(27,29)30/h2-14,17,28H,15-16,18H2,1H3,(H2,27,29,30). The number of nitrogens with two attached hydrogens (primary N) is 1. The molecule has 6 heteroatoms. The topological polar surface area (TPSA) is 81.4 Å². The quantitative estimate of drug-likeness (QED) is 0.391. The number of benzene rings is 4. The molecule has 4 rings (SSSR count). The Morgan fingerprint density at radius 3 is 2.50 bits per heavy atom. The van der Waals surface area contributed by atoms with Gasteiger partial charge in [0, 0.05) is 12.1 Å². The number of hydrogen-bond donors (Lipinski definition) is 2. The van der Waals surface area contributed by atoms with Crippen LogP contribution < -0.4 is 15.2 Å². The van der Waals surface area contributed by atoms with E-state index in [9.17, 15) is 8.42 Å². The van der Waals surface area contributed by atoms with Crippen molar-refractivity contribution in [3.05, 3.63) is 96.1 Å². The molecule has 32 heavy (non-hydrogen) atoms. The molecule has 0 radical (unpaired) electrons. The van der Waals surface area contributed by atoms with Gasteiger partial charge in [0.25, 0.3) is 0 Å². The summed E-state index contributed by atoms with van der Waals surface area (Å²) in [5.74, 6) is 0.891. The largest absolute Gasteiger partial charge is 0.496 e. The van der Waals surface area contributed by atoms with E-state index in [1.807, 2.05) is 66.7 Å². The molecule has 0 saturated heterocycles. The molecule has 4 aromatic rings. The monoisotopic (exact) mass is 446 g/mol. The van der Waals surface area contributed by atoms with Crippen molar-refractivity contribution in [1.29, 1.82) is 0 Å². The molecule has 0 unspecified atom stereocenters. The third-order valence-electron chi connectivity index (χ3n) is 5.51. The number of nitrogens with one attached hydrogen (secondary N) is 1. The number of rotatable bonds is 8. The second-order valence-corrected chi connectivity index (χ2v) is 9.17. The van der Waals surface area contributed by atoms with Crippen molar-refractivity contribution in [2.45, 2.75) is 17.9 Å². The molecule has 0 aliphatic carbocycles. The summed E-state index contributed by atoms with van der Waals surface area (Å²) in [7, 11) is -2.19. The van der Waals surface area contributed by atoms with Gasteiger partial charge in [0.1, 0.15) is 5.75 Å².